The number of aromatic nitrogens is 5. The van der Waals surface area contributed by atoms with Gasteiger partial charge in [-0.1, -0.05) is 11.6 Å². The third kappa shape index (κ3) is 3.26. The summed E-state index contributed by atoms with van der Waals surface area (Å²) in [6.45, 7) is 7.78. The summed E-state index contributed by atoms with van der Waals surface area (Å²) < 4.78 is 5.33. The maximum absolute atomic E-state index is 5.33. The van der Waals surface area contributed by atoms with Gasteiger partial charge in [-0.2, -0.15) is 5.10 Å². The molecule has 4 heterocycles. The summed E-state index contributed by atoms with van der Waals surface area (Å²) in [5.41, 5.74) is 4.83. The zero-order valence-corrected chi connectivity index (χ0v) is 15.5. The van der Waals surface area contributed by atoms with Gasteiger partial charge in [0.25, 0.3) is 0 Å². The maximum Gasteiger partial charge on any atom is 0.146 e. The monoisotopic (exact) mass is 352 g/mol. The molecule has 4 rings (SSSR count). The molecule has 0 saturated carbocycles. The van der Waals surface area contributed by atoms with Crippen molar-refractivity contribution >= 4 is 0 Å². The lowest BCUT2D eigenvalue weighted by Crippen LogP contribution is -2.34. The quantitative estimate of drug-likeness (QED) is 0.773. The van der Waals surface area contributed by atoms with Crippen molar-refractivity contribution in [3.8, 4) is 11.3 Å². The van der Waals surface area contributed by atoms with Gasteiger partial charge in [0.2, 0.25) is 0 Å². The number of piperidine rings is 1. The number of nitrogens with one attached hydrogen (secondary N) is 1. The Balaban J connectivity index is 1.69. The first kappa shape index (κ1) is 16.9. The minimum absolute atomic E-state index is 0.214. The first-order chi connectivity index (χ1) is 12.6. The van der Waals surface area contributed by atoms with E-state index in [9.17, 15) is 0 Å². The number of aromatic amines is 1. The van der Waals surface area contributed by atoms with E-state index in [-0.39, 0.29) is 6.04 Å². The van der Waals surface area contributed by atoms with E-state index < -0.39 is 0 Å². The molecule has 0 bridgehead atoms. The molecule has 1 atom stereocenters. The van der Waals surface area contributed by atoms with Gasteiger partial charge in [-0.25, -0.2) is 9.97 Å². The molecule has 7 heteroatoms. The van der Waals surface area contributed by atoms with Crippen molar-refractivity contribution in [1.29, 1.82) is 0 Å². The van der Waals surface area contributed by atoms with Crippen molar-refractivity contribution in [3.63, 3.8) is 0 Å². The molecule has 0 spiro atoms. The molecule has 3 aromatic rings. The van der Waals surface area contributed by atoms with Crippen molar-refractivity contribution in [2.75, 3.05) is 6.54 Å². The summed E-state index contributed by atoms with van der Waals surface area (Å²) in [7, 11) is 0. The second kappa shape index (κ2) is 6.99. The SMILES string of the molecule is Cc1cc(-c2c(C)noc2C)nc([C@H]2CCCCN2Cc2ccn[nH]2)n1. The highest BCUT2D eigenvalue weighted by atomic mass is 16.5. The molecular weight excluding hydrogens is 328 g/mol. The summed E-state index contributed by atoms with van der Waals surface area (Å²) in [5.74, 6) is 1.68. The minimum Gasteiger partial charge on any atom is -0.361 e. The van der Waals surface area contributed by atoms with Gasteiger partial charge in [0.15, 0.2) is 0 Å². The third-order valence-corrected chi connectivity index (χ3v) is 5.00. The Labute approximate surface area is 152 Å². The Morgan fingerprint density at radius 2 is 2.12 bits per heavy atom. The predicted molar refractivity (Wildman–Crippen MR) is 97.3 cm³/mol. The lowest BCUT2D eigenvalue weighted by atomic mass is 10.0. The van der Waals surface area contributed by atoms with Crippen LogP contribution >= 0.6 is 0 Å². The van der Waals surface area contributed by atoms with Crippen molar-refractivity contribution in [1.82, 2.24) is 30.2 Å². The second-order valence-electron chi connectivity index (χ2n) is 7.02. The van der Waals surface area contributed by atoms with E-state index in [1.54, 1.807) is 6.20 Å². The Bertz CT molecular complexity index is 866. The standard InChI is InChI=1S/C19H24N6O/c1-12-10-16(18-13(2)24-26-14(18)3)22-19(21-12)17-6-4-5-9-25(17)11-15-7-8-20-23-15/h7-8,10,17H,4-6,9,11H2,1-3H3,(H,20,23)/t17-/m1/s1. The van der Waals surface area contributed by atoms with Crippen LogP contribution < -0.4 is 0 Å². The zero-order valence-electron chi connectivity index (χ0n) is 15.5. The first-order valence-corrected chi connectivity index (χ1v) is 9.13. The van der Waals surface area contributed by atoms with Crippen LogP contribution in [0.3, 0.4) is 0 Å². The number of hydrogen-bond acceptors (Lipinski definition) is 6. The summed E-state index contributed by atoms with van der Waals surface area (Å²) in [4.78, 5) is 12.1. The molecule has 7 nitrogen and oxygen atoms in total. The Morgan fingerprint density at radius 1 is 1.23 bits per heavy atom. The van der Waals surface area contributed by atoms with Crippen LogP contribution in [0.2, 0.25) is 0 Å². The molecule has 1 fully saturated rings. The fourth-order valence-electron chi connectivity index (χ4n) is 3.78. The fourth-order valence-corrected chi connectivity index (χ4v) is 3.78. The zero-order chi connectivity index (χ0) is 18.1. The van der Waals surface area contributed by atoms with E-state index in [0.29, 0.717) is 0 Å². The van der Waals surface area contributed by atoms with E-state index in [4.69, 9.17) is 14.5 Å². The summed E-state index contributed by atoms with van der Waals surface area (Å²) in [6.07, 6.45) is 5.26. The molecule has 3 aromatic heterocycles. The van der Waals surface area contributed by atoms with E-state index in [1.807, 2.05) is 32.9 Å². The number of hydrogen-bond donors (Lipinski definition) is 1. The largest absolute Gasteiger partial charge is 0.361 e. The maximum atomic E-state index is 5.33. The van der Waals surface area contributed by atoms with Crippen molar-refractivity contribution in [3.05, 3.63) is 47.0 Å². The van der Waals surface area contributed by atoms with Gasteiger partial charge < -0.3 is 4.52 Å². The molecule has 0 unspecified atom stereocenters. The van der Waals surface area contributed by atoms with Crippen LogP contribution in [0, 0.1) is 20.8 Å². The Morgan fingerprint density at radius 3 is 2.85 bits per heavy atom. The van der Waals surface area contributed by atoms with Crippen molar-refractivity contribution in [2.24, 2.45) is 0 Å². The van der Waals surface area contributed by atoms with Crippen LogP contribution in [0.4, 0.5) is 0 Å². The van der Waals surface area contributed by atoms with Gasteiger partial charge in [-0.05, 0) is 52.3 Å². The molecule has 1 saturated heterocycles. The average Bonchev–Trinajstić information content (AvgIpc) is 3.24. The van der Waals surface area contributed by atoms with Crippen LogP contribution in [0.15, 0.2) is 22.9 Å². The van der Waals surface area contributed by atoms with Gasteiger partial charge >= 0.3 is 0 Å². The number of aryl methyl sites for hydroxylation is 3. The number of nitrogens with zero attached hydrogens (tertiary/aromatic N) is 5. The van der Waals surface area contributed by atoms with Crippen LogP contribution in [-0.2, 0) is 6.54 Å². The van der Waals surface area contributed by atoms with Gasteiger partial charge in [0, 0.05) is 24.1 Å². The van der Waals surface area contributed by atoms with Crippen LogP contribution in [0.1, 0.15) is 54.0 Å². The Hall–Kier alpha value is -2.54. The second-order valence-corrected chi connectivity index (χ2v) is 7.02. The topological polar surface area (TPSA) is 83.7 Å². The number of rotatable bonds is 4. The number of H-pyrrole nitrogens is 1. The molecular formula is C19H24N6O. The summed E-state index contributed by atoms with van der Waals surface area (Å²) >= 11 is 0. The van der Waals surface area contributed by atoms with Crippen molar-refractivity contribution < 1.29 is 4.52 Å². The van der Waals surface area contributed by atoms with Gasteiger partial charge in [-0.3, -0.25) is 10.00 Å². The fraction of sp³-hybridized carbons (Fsp3) is 0.474. The normalized spacial score (nSPS) is 18.3. The smallest absolute Gasteiger partial charge is 0.146 e. The lowest BCUT2D eigenvalue weighted by molar-refractivity contribution is 0.132. The third-order valence-electron chi connectivity index (χ3n) is 5.00. The molecule has 0 radical (unpaired) electrons. The molecule has 26 heavy (non-hydrogen) atoms. The minimum atomic E-state index is 0.214. The van der Waals surface area contributed by atoms with Crippen LogP contribution in [-0.4, -0.2) is 36.8 Å². The highest BCUT2D eigenvalue weighted by molar-refractivity contribution is 5.63. The molecule has 1 aliphatic rings. The molecule has 0 amide bonds. The summed E-state index contributed by atoms with van der Waals surface area (Å²) in [6, 6.07) is 4.25. The van der Waals surface area contributed by atoms with Gasteiger partial charge in [0.05, 0.1) is 23.0 Å². The summed E-state index contributed by atoms with van der Waals surface area (Å²) in [5, 5.41) is 11.2. The Kier molecular flexibility index (Phi) is 4.55. The highest BCUT2D eigenvalue weighted by Gasteiger charge is 2.27. The van der Waals surface area contributed by atoms with E-state index in [2.05, 4.69) is 20.3 Å². The molecule has 136 valence electrons. The lowest BCUT2D eigenvalue weighted by Gasteiger charge is -2.34. The molecule has 0 aromatic carbocycles. The van der Waals surface area contributed by atoms with Gasteiger partial charge in [0.1, 0.15) is 11.6 Å². The molecule has 1 N–H and O–H groups in total. The highest BCUT2D eigenvalue weighted by Crippen LogP contribution is 2.32. The van der Waals surface area contributed by atoms with Crippen LogP contribution in [0.5, 0.6) is 0 Å². The van der Waals surface area contributed by atoms with E-state index in [1.165, 1.54) is 12.8 Å². The first-order valence-electron chi connectivity index (χ1n) is 9.13. The van der Waals surface area contributed by atoms with Gasteiger partial charge in [-0.15, -0.1) is 0 Å². The molecule has 1 aliphatic heterocycles. The number of likely N-dealkylation sites (tertiary alicyclic amines) is 1. The molecule has 0 aliphatic carbocycles. The van der Waals surface area contributed by atoms with Crippen molar-refractivity contribution in [2.45, 2.75) is 52.6 Å². The predicted octanol–water partition coefficient (Wildman–Crippen LogP) is 3.51. The van der Waals surface area contributed by atoms with Crippen LogP contribution in [0.25, 0.3) is 11.3 Å². The van der Waals surface area contributed by atoms with E-state index >= 15 is 0 Å². The average molecular weight is 352 g/mol. The van der Waals surface area contributed by atoms with E-state index in [0.717, 1.165) is 59.4 Å².